The normalized spacial score (nSPS) is 11.1. The van der Waals surface area contributed by atoms with Gasteiger partial charge in [-0.05, 0) is 40.9 Å². The number of hydrogen-bond donors (Lipinski definition) is 1. The number of hydrogen-bond acceptors (Lipinski definition) is 3. The van der Waals surface area contributed by atoms with Gasteiger partial charge in [0.1, 0.15) is 0 Å². The fraction of sp³-hybridized carbons (Fsp3) is 0.333. The minimum Gasteiger partial charge on any atom is -0.377 e. The van der Waals surface area contributed by atoms with E-state index >= 15 is 0 Å². The smallest absolute Gasteiger partial charge is 0.0730 e. The molecule has 2 nitrogen and oxygen atoms in total. The van der Waals surface area contributed by atoms with Gasteiger partial charge in [-0.25, -0.2) is 0 Å². The Labute approximate surface area is 93.7 Å². The van der Waals surface area contributed by atoms with Crippen molar-refractivity contribution in [2.45, 2.75) is 20.1 Å². The van der Waals surface area contributed by atoms with Crippen LogP contribution in [0.15, 0.2) is 23.6 Å². The summed E-state index contributed by atoms with van der Waals surface area (Å²) in [5.41, 5.74) is 8.08. The van der Waals surface area contributed by atoms with E-state index in [1.807, 2.05) is 6.92 Å². The first-order chi connectivity index (χ1) is 7.35. The predicted octanol–water partition coefficient (Wildman–Crippen LogP) is 2.90. The molecular weight excluding hydrogens is 206 g/mol. The fourth-order valence-corrected chi connectivity index (χ4v) is 2.51. The number of rotatable bonds is 4. The highest BCUT2D eigenvalue weighted by molar-refractivity contribution is 7.17. The molecule has 0 spiro atoms. The minimum absolute atomic E-state index is 0.597. The Hall–Kier alpha value is -0.900. The van der Waals surface area contributed by atoms with Crippen LogP contribution in [0.2, 0.25) is 0 Å². The highest BCUT2D eigenvalue weighted by atomic mass is 32.1. The molecule has 15 heavy (non-hydrogen) atoms. The van der Waals surface area contributed by atoms with Crippen LogP contribution in [0.5, 0.6) is 0 Å². The largest absolute Gasteiger partial charge is 0.377 e. The maximum Gasteiger partial charge on any atom is 0.0730 e. The monoisotopic (exact) mass is 221 g/mol. The van der Waals surface area contributed by atoms with Gasteiger partial charge in [-0.3, -0.25) is 0 Å². The Balaban J connectivity index is 2.38. The summed E-state index contributed by atoms with van der Waals surface area (Å²) in [6, 6.07) is 6.39. The van der Waals surface area contributed by atoms with Gasteiger partial charge in [0.2, 0.25) is 0 Å². The minimum atomic E-state index is 0.597. The first kappa shape index (κ1) is 10.6. The predicted molar refractivity (Wildman–Crippen MR) is 65.0 cm³/mol. The zero-order chi connectivity index (χ0) is 10.7. The van der Waals surface area contributed by atoms with E-state index in [4.69, 9.17) is 10.5 Å². The number of nitrogens with two attached hydrogens (primary N) is 1. The number of thiophene rings is 1. The lowest BCUT2D eigenvalue weighted by molar-refractivity contribution is 0.135. The zero-order valence-electron chi connectivity index (χ0n) is 8.82. The molecule has 0 aliphatic rings. The fourth-order valence-electron chi connectivity index (χ4n) is 1.58. The summed E-state index contributed by atoms with van der Waals surface area (Å²) in [5, 5.41) is 3.46. The van der Waals surface area contributed by atoms with Crippen molar-refractivity contribution < 1.29 is 4.74 Å². The molecule has 0 aliphatic carbocycles. The zero-order valence-corrected chi connectivity index (χ0v) is 9.64. The van der Waals surface area contributed by atoms with Crippen LogP contribution < -0.4 is 5.73 Å². The number of ether oxygens (including phenoxy) is 1. The average Bonchev–Trinajstić information content (AvgIpc) is 2.68. The second kappa shape index (κ2) is 4.75. The van der Waals surface area contributed by atoms with Crippen molar-refractivity contribution >= 4 is 21.4 Å². The van der Waals surface area contributed by atoms with Crippen molar-refractivity contribution in [3.8, 4) is 0 Å². The third kappa shape index (κ3) is 2.20. The van der Waals surface area contributed by atoms with Crippen LogP contribution >= 0.6 is 11.3 Å². The summed E-state index contributed by atoms with van der Waals surface area (Å²) < 4.78 is 6.74. The molecule has 0 aliphatic heterocycles. The first-order valence-corrected chi connectivity index (χ1v) is 6.00. The van der Waals surface area contributed by atoms with Gasteiger partial charge in [-0.1, -0.05) is 6.07 Å². The van der Waals surface area contributed by atoms with Crippen molar-refractivity contribution in [2.75, 3.05) is 6.61 Å². The highest BCUT2D eigenvalue weighted by Crippen LogP contribution is 2.27. The molecule has 1 aromatic carbocycles. The Morgan fingerprint density at radius 1 is 1.40 bits per heavy atom. The van der Waals surface area contributed by atoms with Crippen LogP contribution in [-0.4, -0.2) is 6.61 Å². The van der Waals surface area contributed by atoms with E-state index in [1.54, 1.807) is 11.3 Å². The van der Waals surface area contributed by atoms with E-state index < -0.39 is 0 Å². The lowest BCUT2D eigenvalue weighted by Gasteiger charge is -2.01. The molecule has 2 aromatic rings. The molecule has 0 bridgehead atoms. The number of fused-ring (bicyclic) bond motifs is 1. The Bertz CT molecular complexity index is 450. The van der Waals surface area contributed by atoms with Gasteiger partial charge in [-0.2, -0.15) is 0 Å². The van der Waals surface area contributed by atoms with Crippen molar-refractivity contribution in [3.63, 3.8) is 0 Å². The second-order valence-electron chi connectivity index (χ2n) is 3.43. The summed E-state index contributed by atoms with van der Waals surface area (Å²) in [6.07, 6.45) is 0. The molecule has 0 saturated carbocycles. The van der Waals surface area contributed by atoms with Crippen LogP contribution in [0.25, 0.3) is 10.1 Å². The summed E-state index contributed by atoms with van der Waals surface area (Å²) in [6.45, 7) is 4.07. The van der Waals surface area contributed by atoms with Gasteiger partial charge in [0.15, 0.2) is 0 Å². The van der Waals surface area contributed by atoms with Gasteiger partial charge in [0.25, 0.3) is 0 Å². The van der Waals surface area contributed by atoms with E-state index in [-0.39, 0.29) is 0 Å². The van der Waals surface area contributed by atoms with E-state index in [9.17, 15) is 0 Å². The van der Waals surface area contributed by atoms with Gasteiger partial charge in [-0.15, -0.1) is 11.3 Å². The maximum absolute atomic E-state index is 5.63. The van der Waals surface area contributed by atoms with Gasteiger partial charge in [0.05, 0.1) is 6.61 Å². The SMILES string of the molecule is CCOCc1csc2ccc(CN)cc12. The molecule has 1 aromatic heterocycles. The molecule has 80 valence electrons. The topological polar surface area (TPSA) is 35.2 Å². The van der Waals surface area contributed by atoms with Crippen molar-refractivity contribution in [1.29, 1.82) is 0 Å². The van der Waals surface area contributed by atoms with Crippen molar-refractivity contribution in [2.24, 2.45) is 5.73 Å². The van der Waals surface area contributed by atoms with E-state index in [1.165, 1.54) is 21.2 Å². The van der Waals surface area contributed by atoms with Crippen LogP contribution in [0, 0.1) is 0 Å². The molecule has 0 saturated heterocycles. The molecule has 2 N–H and O–H groups in total. The van der Waals surface area contributed by atoms with E-state index in [0.29, 0.717) is 13.2 Å². The lowest BCUT2D eigenvalue weighted by atomic mass is 10.1. The summed E-state index contributed by atoms with van der Waals surface area (Å²) >= 11 is 1.76. The molecule has 3 heteroatoms. The van der Waals surface area contributed by atoms with Gasteiger partial charge >= 0.3 is 0 Å². The standard InChI is InChI=1S/C12H15NOS/c1-2-14-7-10-8-15-12-4-3-9(6-13)5-11(10)12/h3-5,8H,2,6-7,13H2,1H3. The molecule has 0 atom stereocenters. The summed E-state index contributed by atoms with van der Waals surface area (Å²) in [7, 11) is 0. The molecule has 0 fully saturated rings. The van der Waals surface area contributed by atoms with Crippen molar-refractivity contribution in [1.82, 2.24) is 0 Å². The molecule has 1 heterocycles. The average molecular weight is 221 g/mol. The number of benzene rings is 1. The van der Waals surface area contributed by atoms with Crippen LogP contribution in [0.4, 0.5) is 0 Å². The Morgan fingerprint density at radius 2 is 2.27 bits per heavy atom. The third-order valence-corrected chi connectivity index (χ3v) is 3.43. The lowest BCUT2D eigenvalue weighted by Crippen LogP contribution is -1.96. The van der Waals surface area contributed by atoms with E-state index in [2.05, 4.69) is 23.6 Å². The molecular formula is C12H15NOS. The van der Waals surface area contributed by atoms with Crippen LogP contribution in [-0.2, 0) is 17.9 Å². The summed E-state index contributed by atoms with van der Waals surface area (Å²) in [5.74, 6) is 0. The summed E-state index contributed by atoms with van der Waals surface area (Å²) in [4.78, 5) is 0. The highest BCUT2D eigenvalue weighted by Gasteiger charge is 2.04. The quantitative estimate of drug-likeness (QED) is 0.861. The maximum atomic E-state index is 5.63. The van der Waals surface area contributed by atoms with Crippen LogP contribution in [0.3, 0.4) is 0 Å². The molecule has 2 rings (SSSR count). The third-order valence-electron chi connectivity index (χ3n) is 2.42. The van der Waals surface area contributed by atoms with Gasteiger partial charge < -0.3 is 10.5 Å². The van der Waals surface area contributed by atoms with E-state index in [0.717, 1.165) is 6.61 Å². The molecule has 0 radical (unpaired) electrons. The molecule has 0 unspecified atom stereocenters. The Kier molecular flexibility index (Phi) is 3.36. The Morgan fingerprint density at radius 3 is 3.00 bits per heavy atom. The first-order valence-electron chi connectivity index (χ1n) is 5.12. The van der Waals surface area contributed by atoms with Crippen molar-refractivity contribution in [3.05, 3.63) is 34.7 Å². The van der Waals surface area contributed by atoms with Gasteiger partial charge in [0, 0.05) is 17.9 Å². The second-order valence-corrected chi connectivity index (χ2v) is 4.34. The molecule has 0 amide bonds. The van der Waals surface area contributed by atoms with Crippen LogP contribution in [0.1, 0.15) is 18.1 Å².